The first-order chi connectivity index (χ1) is 4.43. The van der Waals surface area contributed by atoms with E-state index in [1.165, 1.54) is 12.5 Å². The van der Waals surface area contributed by atoms with Crippen LogP contribution in [-0.4, -0.2) is 26.6 Å². The van der Waals surface area contributed by atoms with Crippen molar-refractivity contribution in [1.82, 2.24) is 15.2 Å². The minimum absolute atomic E-state index is 0.431. The molecule has 0 unspecified atom stereocenters. The lowest BCUT2D eigenvalue weighted by molar-refractivity contribution is 0.321. The zero-order valence-corrected chi connectivity index (χ0v) is 4.47. The number of aromatic nitrogens is 3. The van der Waals surface area contributed by atoms with E-state index in [4.69, 9.17) is 5.21 Å². The molecular weight excluding hydrogens is 120 g/mol. The van der Waals surface area contributed by atoms with Crippen molar-refractivity contribution in [2.45, 2.75) is 0 Å². The Hall–Kier alpha value is -1.52. The summed E-state index contributed by atoms with van der Waals surface area (Å²) < 4.78 is 0. The summed E-state index contributed by atoms with van der Waals surface area (Å²) in [7, 11) is 0. The van der Waals surface area contributed by atoms with Crippen molar-refractivity contribution in [2.75, 3.05) is 0 Å². The van der Waals surface area contributed by atoms with E-state index in [0.717, 1.165) is 6.21 Å². The summed E-state index contributed by atoms with van der Waals surface area (Å²) in [6.45, 7) is 0. The average molecular weight is 124 g/mol. The Morgan fingerprint density at radius 1 is 1.67 bits per heavy atom. The maximum absolute atomic E-state index is 7.99. The number of nitrogens with zero attached hydrogens (tertiary/aromatic N) is 4. The van der Waals surface area contributed by atoms with Gasteiger partial charge in [0.2, 0.25) is 0 Å². The summed E-state index contributed by atoms with van der Waals surface area (Å²) in [4.78, 5) is 3.63. The molecular formula is C4H4N4O. The van der Waals surface area contributed by atoms with Crippen LogP contribution in [0.25, 0.3) is 0 Å². The molecule has 46 valence electrons. The molecule has 0 bridgehead atoms. The second kappa shape index (κ2) is 2.71. The molecule has 0 spiro atoms. The molecule has 0 aliphatic heterocycles. The molecule has 0 aliphatic carbocycles. The first-order valence-corrected chi connectivity index (χ1v) is 2.23. The second-order valence-corrected chi connectivity index (χ2v) is 1.28. The van der Waals surface area contributed by atoms with Gasteiger partial charge in [0.1, 0.15) is 12.0 Å². The fourth-order valence-corrected chi connectivity index (χ4v) is 0.376. The molecule has 0 aromatic carbocycles. The van der Waals surface area contributed by atoms with Gasteiger partial charge in [-0.15, -0.1) is 10.2 Å². The fraction of sp³-hybridized carbons (Fsp3) is 0. The molecule has 5 heteroatoms. The van der Waals surface area contributed by atoms with Gasteiger partial charge < -0.3 is 5.21 Å². The van der Waals surface area contributed by atoms with Gasteiger partial charge in [-0.2, -0.15) is 0 Å². The summed E-state index contributed by atoms with van der Waals surface area (Å²) in [6, 6.07) is 0. The molecule has 0 aliphatic rings. The van der Waals surface area contributed by atoms with Crippen molar-refractivity contribution in [2.24, 2.45) is 5.16 Å². The molecule has 1 aromatic heterocycles. The predicted molar refractivity (Wildman–Crippen MR) is 29.2 cm³/mol. The van der Waals surface area contributed by atoms with Crippen LogP contribution >= 0.6 is 0 Å². The smallest absolute Gasteiger partial charge is 0.138 e. The molecule has 1 aromatic rings. The normalized spacial score (nSPS) is 10.2. The lowest BCUT2D eigenvalue weighted by atomic mass is 10.5. The van der Waals surface area contributed by atoms with E-state index >= 15 is 0 Å². The van der Waals surface area contributed by atoms with E-state index in [0.29, 0.717) is 5.69 Å². The number of hydrogen-bond donors (Lipinski definition) is 1. The number of rotatable bonds is 1. The van der Waals surface area contributed by atoms with E-state index in [-0.39, 0.29) is 0 Å². The van der Waals surface area contributed by atoms with Crippen LogP contribution in [0.5, 0.6) is 0 Å². The average Bonchev–Trinajstić information content (AvgIpc) is 1.91. The highest BCUT2D eigenvalue weighted by molar-refractivity contribution is 5.75. The van der Waals surface area contributed by atoms with Gasteiger partial charge in [-0.3, -0.25) is 0 Å². The van der Waals surface area contributed by atoms with Gasteiger partial charge in [-0.1, -0.05) is 5.16 Å². The Kier molecular flexibility index (Phi) is 1.69. The fourth-order valence-electron chi connectivity index (χ4n) is 0.376. The summed E-state index contributed by atoms with van der Waals surface area (Å²) in [5, 5.41) is 17.7. The van der Waals surface area contributed by atoms with Gasteiger partial charge in [-0.25, -0.2) is 4.98 Å². The van der Waals surface area contributed by atoms with Crippen LogP contribution in [-0.2, 0) is 0 Å². The standard InChI is InChI=1S/C4H4N4O/c9-7-2-4-1-5-3-6-8-4/h1-3,9H. The van der Waals surface area contributed by atoms with Gasteiger partial charge in [0.15, 0.2) is 0 Å². The Morgan fingerprint density at radius 2 is 2.56 bits per heavy atom. The third kappa shape index (κ3) is 1.45. The number of oxime groups is 1. The first-order valence-electron chi connectivity index (χ1n) is 2.23. The Morgan fingerprint density at radius 3 is 3.11 bits per heavy atom. The highest BCUT2D eigenvalue weighted by Gasteiger charge is 1.84. The van der Waals surface area contributed by atoms with Crippen molar-refractivity contribution in [3.8, 4) is 0 Å². The molecule has 0 amide bonds. The third-order valence-corrected chi connectivity index (χ3v) is 0.688. The summed E-state index contributed by atoms with van der Waals surface area (Å²) in [5.41, 5.74) is 0.431. The van der Waals surface area contributed by atoms with Crippen LogP contribution in [0, 0.1) is 0 Å². The highest BCUT2D eigenvalue weighted by atomic mass is 16.4. The molecule has 0 radical (unpaired) electrons. The van der Waals surface area contributed by atoms with Gasteiger partial charge in [-0.05, 0) is 0 Å². The van der Waals surface area contributed by atoms with Crippen molar-refractivity contribution in [1.29, 1.82) is 0 Å². The summed E-state index contributed by atoms with van der Waals surface area (Å²) in [6.07, 6.45) is 3.89. The third-order valence-electron chi connectivity index (χ3n) is 0.688. The van der Waals surface area contributed by atoms with Crippen LogP contribution in [0.2, 0.25) is 0 Å². The molecule has 1 heterocycles. The van der Waals surface area contributed by atoms with E-state index in [9.17, 15) is 0 Å². The Balaban J connectivity index is 2.85. The molecule has 5 nitrogen and oxygen atoms in total. The van der Waals surface area contributed by atoms with E-state index in [2.05, 4.69) is 20.3 Å². The first kappa shape index (κ1) is 5.61. The lowest BCUT2D eigenvalue weighted by Gasteiger charge is -1.82. The monoisotopic (exact) mass is 124 g/mol. The molecule has 0 atom stereocenters. The van der Waals surface area contributed by atoms with Gasteiger partial charge in [0.25, 0.3) is 0 Å². The van der Waals surface area contributed by atoms with Crippen molar-refractivity contribution < 1.29 is 5.21 Å². The number of hydrogen-bond acceptors (Lipinski definition) is 5. The molecule has 1 rings (SSSR count). The van der Waals surface area contributed by atoms with E-state index < -0.39 is 0 Å². The van der Waals surface area contributed by atoms with Gasteiger partial charge in [0, 0.05) is 0 Å². The van der Waals surface area contributed by atoms with Crippen LogP contribution in [0.1, 0.15) is 5.69 Å². The molecule has 0 saturated carbocycles. The highest BCUT2D eigenvalue weighted by Crippen LogP contribution is 1.78. The summed E-state index contributed by atoms with van der Waals surface area (Å²) >= 11 is 0. The van der Waals surface area contributed by atoms with E-state index in [1.54, 1.807) is 0 Å². The van der Waals surface area contributed by atoms with Crippen molar-refractivity contribution >= 4 is 6.21 Å². The van der Waals surface area contributed by atoms with Crippen molar-refractivity contribution in [3.63, 3.8) is 0 Å². The molecule has 1 N–H and O–H groups in total. The largest absolute Gasteiger partial charge is 0.411 e. The maximum Gasteiger partial charge on any atom is 0.138 e. The van der Waals surface area contributed by atoms with Crippen molar-refractivity contribution in [3.05, 3.63) is 18.2 Å². The summed E-state index contributed by atoms with van der Waals surface area (Å²) in [5.74, 6) is 0. The maximum atomic E-state index is 7.99. The van der Waals surface area contributed by atoms with Crippen LogP contribution < -0.4 is 0 Å². The van der Waals surface area contributed by atoms with Gasteiger partial charge in [0.05, 0.1) is 12.4 Å². The minimum Gasteiger partial charge on any atom is -0.411 e. The minimum atomic E-state index is 0.431. The lowest BCUT2D eigenvalue weighted by Crippen LogP contribution is -1.90. The quantitative estimate of drug-likeness (QED) is 0.316. The Labute approximate surface area is 51.1 Å². The molecule has 0 saturated heterocycles. The zero-order valence-electron chi connectivity index (χ0n) is 4.47. The van der Waals surface area contributed by atoms with Crippen LogP contribution in [0.4, 0.5) is 0 Å². The topological polar surface area (TPSA) is 71.3 Å². The molecule has 9 heavy (non-hydrogen) atoms. The van der Waals surface area contributed by atoms with Crippen LogP contribution in [0.3, 0.4) is 0 Å². The molecule has 0 fully saturated rings. The van der Waals surface area contributed by atoms with Crippen LogP contribution in [0.15, 0.2) is 17.7 Å². The zero-order chi connectivity index (χ0) is 6.53. The second-order valence-electron chi connectivity index (χ2n) is 1.28. The predicted octanol–water partition coefficient (Wildman–Crippen LogP) is -0.320. The van der Waals surface area contributed by atoms with E-state index in [1.807, 2.05) is 0 Å². The Bertz CT molecular complexity index is 197. The SMILES string of the molecule is ON=Cc1cncnn1. The van der Waals surface area contributed by atoms with Gasteiger partial charge >= 0.3 is 0 Å².